The molecule has 1 N–H and O–H groups in total. The van der Waals surface area contributed by atoms with Gasteiger partial charge in [-0.1, -0.05) is 29.8 Å². The lowest BCUT2D eigenvalue weighted by atomic mass is 10.1. The molecule has 2 aromatic heterocycles. The Balaban J connectivity index is 1.49. The molecule has 170 valence electrons. The van der Waals surface area contributed by atoms with Gasteiger partial charge in [-0.15, -0.1) is 5.10 Å². The standard InChI is InChI=1S/C22H17BrClF2N5O2/c1-30-20(23)18(19(29-30)21(25)26)22(32)27-16-5-3-2-4-13(16)12-33-17-10-11-31(28-17)15-8-6-14(24)7-9-15/h2-11,21H,12H2,1H3,(H,27,32). The molecule has 0 aliphatic rings. The molecule has 0 saturated carbocycles. The maximum atomic E-state index is 13.3. The summed E-state index contributed by atoms with van der Waals surface area (Å²) in [6.07, 6.45) is -1.14. The molecule has 4 aromatic rings. The lowest BCUT2D eigenvalue weighted by Crippen LogP contribution is -2.16. The Morgan fingerprint density at radius 1 is 1.15 bits per heavy atom. The van der Waals surface area contributed by atoms with E-state index in [-0.39, 0.29) is 16.8 Å². The summed E-state index contributed by atoms with van der Waals surface area (Å²) < 4.78 is 35.5. The second-order valence-electron chi connectivity index (χ2n) is 6.95. The number of anilines is 1. The van der Waals surface area contributed by atoms with Crippen LogP contribution in [0.4, 0.5) is 14.5 Å². The van der Waals surface area contributed by atoms with Crippen LogP contribution in [0.3, 0.4) is 0 Å². The van der Waals surface area contributed by atoms with Crippen molar-refractivity contribution in [2.45, 2.75) is 13.0 Å². The van der Waals surface area contributed by atoms with E-state index in [2.05, 4.69) is 31.4 Å². The summed E-state index contributed by atoms with van der Waals surface area (Å²) in [5, 5.41) is 11.4. The van der Waals surface area contributed by atoms with Crippen molar-refractivity contribution in [3.8, 4) is 11.6 Å². The van der Waals surface area contributed by atoms with Gasteiger partial charge in [-0.3, -0.25) is 9.48 Å². The number of para-hydroxylation sites is 1. The summed E-state index contributed by atoms with van der Waals surface area (Å²) in [7, 11) is 1.47. The Labute approximate surface area is 201 Å². The highest BCUT2D eigenvalue weighted by molar-refractivity contribution is 9.10. The molecule has 0 bridgehead atoms. The first kappa shape index (κ1) is 22.9. The van der Waals surface area contributed by atoms with Gasteiger partial charge in [0.25, 0.3) is 12.3 Å². The van der Waals surface area contributed by atoms with Crippen molar-refractivity contribution in [1.82, 2.24) is 19.6 Å². The van der Waals surface area contributed by atoms with Gasteiger partial charge in [0.05, 0.1) is 5.69 Å². The van der Waals surface area contributed by atoms with Gasteiger partial charge in [-0.25, -0.2) is 13.5 Å². The number of carbonyl (C=O) groups excluding carboxylic acids is 1. The number of amides is 1. The molecular weight excluding hydrogens is 520 g/mol. The van der Waals surface area contributed by atoms with Crippen molar-refractivity contribution in [3.63, 3.8) is 0 Å². The predicted octanol–water partition coefficient (Wildman–Crippen LogP) is 5.79. The molecule has 0 spiro atoms. The number of aromatic nitrogens is 4. The third-order valence-electron chi connectivity index (χ3n) is 4.73. The fourth-order valence-electron chi connectivity index (χ4n) is 3.11. The second kappa shape index (κ2) is 9.72. The summed E-state index contributed by atoms with van der Waals surface area (Å²) in [5.41, 5.74) is 1.08. The van der Waals surface area contributed by atoms with Crippen molar-refractivity contribution in [2.24, 2.45) is 7.05 Å². The molecule has 0 atom stereocenters. The Kier molecular flexibility index (Phi) is 6.75. The fraction of sp³-hybridized carbons (Fsp3) is 0.136. The van der Waals surface area contributed by atoms with Crippen LogP contribution in [0, 0.1) is 0 Å². The quantitative estimate of drug-likeness (QED) is 0.324. The number of nitrogens with zero attached hydrogens (tertiary/aromatic N) is 4. The van der Waals surface area contributed by atoms with E-state index < -0.39 is 18.0 Å². The van der Waals surface area contributed by atoms with Gasteiger partial charge in [0, 0.05) is 35.6 Å². The van der Waals surface area contributed by atoms with Gasteiger partial charge < -0.3 is 10.1 Å². The molecule has 7 nitrogen and oxygen atoms in total. The molecule has 2 aromatic carbocycles. The fourth-order valence-corrected chi connectivity index (χ4v) is 3.70. The van der Waals surface area contributed by atoms with Crippen LogP contribution < -0.4 is 10.1 Å². The summed E-state index contributed by atoms with van der Waals surface area (Å²) in [6, 6.07) is 15.8. The maximum absolute atomic E-state index is 13.3. The minimum atomic E-state index is -2.89. The maximum Gasteiger partial charge on any atom is 0.283 e. The average Bonchev–Trinajstić information content (AvgIpc) is 3.38. The van der Waals surface area contributed by atoms with Crippen LogP contribution >= 0.6 is 27.5 Å². The van der Waals surface area contributed by atoms with Crippen molar-refractivity contribution in [2.75, 3.05) is 5.32 Å². The number of rotatable bonds is 7. The van der Waals surface area contributed by atoms with E-state index in [9.17, 15) is 13.6 Å². The number of nitrogens with one attached hydrogen (secondary N) is 1. The Bertz CT molecular complexity index is 1290. The number of ether oxygens (including phenoxy) is 1. The average molecular weight is 537 g/mol. The largest absolute Gasteiger partial charge is 0.472 e. The lowest BCUT2D eigenvalue weighted by molar-refractivity contribution is 0.101. The van der Waals surface area contributed by atoms with Gasteiger partial charge in [-0.05, 0) is 46.3 Å². The molecule has 1 amide bonds. The van der Waals surface area contributed by atoms with Gasteiger partial charge in [0.2, 0.25) is 5.88 Å². The molecule has 11 heteroatoms. The first-order chi connectivity index (χ1) is 15.8. The summed E-state index contributed by atoms with van der Waals surface area (Å²) in [4.78, 5) is 12.8. The molecule has 0 unspecified atom stereocenters. The van der Waals surface area contributed by atoms with E-state index >= 15 is 0 Å². The van der Waals surface area contributed by atoms with Crippen LogP contribution in [0.5, 0.6) is 5.88 Å². The molecule has 2 heterocycles. The number of hydrogen-bond acceptors (Lipinski definition) is 4. The minimum absolute atomic E-state index is 0.101. The summed E-state index contributed by atoms with van der Waals surface area (Å²) >= 11 is 9.07. The molecule has 0 aliphatic carbocycles. The molecule has 0 aliphatic heterocycles. The van der Waals surface area contributed by atoms with E-state index in [1.54, 1.807) is 53.3 Å². The highest BCUT2D eigenvalue weighted by Crippen LogP contribution is 2.29. The number of carbonyl (C=O) groups is 1. The van der Waals surface area contributed by atoms with E-state index in [1.165, 1.54) is 11.7 Å². The smallest absolute Gasteiger partial charge is 0.283 e. The lowest BCUT2D eigenvalue weighted by Gasteiger charge is -2.12. The number of alkyl halides is 2. The SMILES string of the molecule is Cn1nc(C(F)F)c(C(=O)Nc2ccccc2COc2ccn(-c3ccc(Cl)cc3)n2)c1Br. The molecule has 0 fully saturated rings. The van der Waals surface area contributed by atoms with Crippen molar-refractivity contribution in [3.05, 3.63) is 87.2 Å². The van der Waals surface area contributed by atoms with Crippen LogP contribution in [-0.2, 0) is 13.7 Å². The first-order valence-corrected chi connectivity index (χ1v) is 10.8. The highest BCUT2D eigenvalue weighted by atomic mass is 79.9. The van der Waals surface area contributed by atoms with Crippen LogP contribution in [0.25, 0.3) is 5.69 Å². The van der Waals surface area contributed by atoms with Crippen molar-refractivity contribution >= 4 is 39.1 Å². The van der Waals surface area contributed by atoms with Crippen LogP contribution in [-0.4, -0.2) is 25.5 Å². The van der Waals surface area contributed by atoms with Gasteiger partial charge in [-0.2, -0.15) is 5.10 Å². The third-order valence-corrected chi connectivity index (χ3v) is 5.90. The molecular formula is C22H17BrClF2N5O2. The van der Waals surface area contributed by atoms with Gasteiger partial charge in [0.1, 0.15) is 22.5 Å². The second-order valence-corrected chi connectivity index (χ2v) is 8.14. The monoisotopic (exact) mass is 535 g/mol. The summed E-state index contributed by atoms with van der Waals surface area (Å²) in [6.45, 7) is 0.101. The van der Waals surface area contributed by atoms with E-state index in [4.69, 9.17) is 16.3 Å². The molecule has 0 radical (unpaired) electrons. The first-order valence-electron chi connectivity index (χ1n) is 9.67. The van der Waals surface area contributed by atoms with E-state index in [1.807, 2.05) is 12.1 Å². The van der Waals surface area contributed by atoms with E-state index in [0.717, 1.165) is 5.69 Å². The Morgan fingerprint density at radius 2 is 1.88 bits per heavy atom. The zero-order valence-corrected chi connectivity index (χ0v) is 19.5. The topological polar surface area (TPSA) is 74.0 Å². The van der Waals surface area contributed by atoms with Crippen LogP contribution in [0.2, 0.25) is 5.02 Å². The molecule has 0 saturated heterocycles. The number of halogens is 4. The Morgan fingerprint density at radius 3 is 2.61 bits per heavy atom. The van der Waals surface area contributed by atoms with Crippen molar-refractivity contribution in [1.29, 1.82) is 0 Å². The normalized spacial score (nSPS) is 11.1. The summed E-state index contributed by atoms with van der Waals surface area (Å²) in [5.74, 6) is -0.328. The predicted molar refractivity (Wildman–Crippen MR) is 123 cm³/mol. The van der Waals surface area contributed by atoms with E-state index in [0.29, 0.717) is 22.2 Å². The number of hydrogen-bond donors (Lipinski definition) is 1. The van der Waals surface area contributed by atoms with Gasteiger partial charge >= 0.3 is 0 Å². The van der Waals surface area contributed by atoms with Gasteiger partial charge in [0.15, 0.2) is 0 Å². The van der Waals surface area contributed by atoms with Crippen molar-refractivity contribution < 1.29 is 18.3 Å². The molecule has 4 rings (SSSR count). The molecule has 33 heavy (non-hydrogen) atoms. The van der Waals surface area contributed by atoms with Crippen LogP contribution in [0.15, 0.2) is 65.4 Å². The zero-order chi connectivity index (χ0) is 23.5. The highest BCUT2D eigenvalue weighted by Gasteiger charge is 2.27. The van der Waals surface area contributed by atoms with Crippen LogP contribution in [0.1, 0.15) is 28.0 Å². The Hall–Kier alpha value is -3.24. The number of benzene rings is 2. The third kappa shape index (κ3) is 5.07. The minimum Gasteiger partial charge on any atom is -0.472 e. The number of aryl methyl sites for hydroxylation is 1. The zero-order valence-electron chi connectivity index (χ0n) is 17.2.